The SMILES string of the molecule is CCS(=O)(=O)NCCCCn1cnc2c(N)nc(C)c(C)c21. The molecule has 0 unspecified atom stereocenters. The molecular weight excluding hydrogens is 302 g/mol. The molecular formula is C14H23N5O2S. The summed E-state index contributed by atoms with van der Waals surface area (Å²) in [6.07, 6.45) is 3.40. The maximum Gasteiger partial charge on any atom is 0.211 e. The molecule has 0 aliphatic heterocycles. The van der Waals surface area contributed by atoms with Crippen LogP contribution in [0.3, 0.4) is 0 Å². The number of hydrogen-bond acceptors (Lipinski definition) is 5. The van der Waals surface area contributed by atoms with E-state index in [1.807, 2.05) is 13.8 Å². The van der Waals surface area contributed by atoms with Gasteiger partial charge in [-0.2, -0.15) is 0 Å². The van der Waals surface area contributed by atoms with Gasteiger partial charge in [0.25, 0.3) is 0 Å². The number of hydrogen-bond donors (Lipinski definition) is 2. The van der Waals surface area contributed by atoms with Crippen molar-refractivity contribution in [2.24, 2.45) is 0 Å². The van der Waals surface area contributed by atoms with Gasteiger partial charge in [0.2, 0.25) is 10.0 Å². The Bertz CT molecular complexity index is 767. The number of pyridine rings is 1. The summed E-state index contributed by atoms with van der Waals surface area (Å²) in [6.45, 7) is 6.81. The summed E-state index contributed by atoms with van der Waals surface area (Å²) in [7, 11) is -3.10. The highest BCUT2D eigenvalue weighted by atomic mass is 32.2. The number of aryl methyl sites for hydroxylation is 3. The van der Waals surface area contributed by atoms with E-state index in [2.05, 4.69) is 19.3 Å². The molecule has 2 rings (SSSR count). The van der Waals surface area contributed by atoms with E-state index in [-0.39, 0.29) is 5.75 Å². The van der Waals surface area contributed by atoms with Crippen LogP contribution >= 0.6 is 0 Å². The maximum atomic E-state index is 11.3. The van der Waals surface area contributed by atoms with E-state index >= 15 is 0 Å². The lowest BCUT2D eigenvalue weighted by molar-refractivity contribution is 0.569. The zero-order chi connectivity index (χ0) is 16.3. The summed E-state index contributed by atoms with van der Waals surface area (Å²) in [5.41, 5.74) is 9.64. The molecule has 0 aliphatic rings. The lowest BCUT2D eigenvalue weighted by atomic mass is 10.2. The smallest absolute Gasteiger partial charge is 0.211 e. The average molecular weight is 325 g/mol. The summed E-state index contributed by atoms with van der Waals surface area (Å²) >= 11 is 0. The Labute approximate surface area is 131 Å². The number of fused-ring (bicyclic) bond motifs is 1. The minimum Gasteiger partial charge on any atom is -0.382 e. The normalized spacial score (nSPS) is 12.1. The molecule has 2 heterocycles. The molecule has 3 N–H and O–H groups in total. The summed E-state index contributed by atoms with van der Waals surface area (Å²) in [4.78, 5) is 8.62. The number of rotatable bonds is 7. The second-order valence-corrected chi connectivity index (χ2v) is 7.44. The Morgan fingerprint density at radius 3 is 2.73 bits per heavy atom. The van der Waals surface area contributed by atoms with E-state index in [4.69, 9.17) is 5.73 Å². The van der Waals surface area contributed by atoms with Gasteiger partial charge in [0, 0.05) is 18.8 Å². The zero-order valence-electron chi connectivity index (χ0n) is 13.3. The second-order valence-electron chi connectivity index (χ2n) is 5.35. The molecule has 0 aromatic carbocycles. The van der Waals surface area contributed by atoms with Crippen LogP contribution in [0.2, 0.25) is 0 Å². The quantitative estimate of drug-likeness (QED) is 0.748. The number of nitrogens with two attached hydrogens (primary N) is 1. The van der Waals surface area contributed by atoms with Crippen molar-refractivity contribution in [3.63, 3.8) is 0 Å². The third kappa shape index (κ3) is 3.56. The Hall–Kier alpha value is -1.67. The third-order valence-electron chi connectivity index (χ3n) is 3.79. The molecule has 2 aromatic heterocycles. The molecule has 0 saturated heterocycles. The fraction of sp³-hybridized carbons (Fsp3) is 0.571. The Morgan fingerprint density at radius 2 is 2.05 bits per heavy atom. The largest absolute Gasteiger partial charge is 0.382 e. The van der Waals surface area contributed by atoms with E-state index in [1.165, 1.54) is 0 Å². The fourth-order valence-electron chi connectivity index (χ4n) is 2.36. The molecule has 0 bridgehead atoms. The number of imidazole rings is 1. The molecule has 22 heavy (non-hydrogen) atoms. The average Bonchev–Trinajstić information content (AvgIpc) is 2.89. The molecule has 7 nitrogen and oxygen atoms in total. The van der Waals surface area contributed by atoms with Gasteiger partial charge in [-0.1, -0.05) is 0 Å². The molecule has 2 aromatic rings. The predicted molar refractivity (Wildman–Crippen MR) is 88.1 cm³/mol. The maximum absolute atomic E-state index is 11.3. The van der Waals surface area contributed by atoms with Gasteiger partial charge in [0.1, 0.15) is 5.52 Å². The van der Waals surface area contributed by atoms with Gasteiger partial charge in [-0.15, -0.1) is 0 Å². The van der Waals surface area contributed by atoms with E-state index < -0.39 is 10.0 Å². The van der Waals surface area contributed by atoms with Gasteiger partial charge in [-0.3, -0.25) is 0 Å². The van der Waals surface area contributed by atoms with Crippen molar-refractivity contribution in [2.75, 3.05) is 18.0 Å². The molecule has 0 spiro atoms. The van der Waals surface area contributed by atoms with Crippen molar-refractivity contribution in [2.45, 2.75) is 40.2 Å². The molecule has 0 radical (unpaired) electrons. The van der Waals surface area contributed by atoms with Crippen molar-refractivity contribution >= 4 is 26.9 Å². The number of nitrogens with zero attached hydrogens (tertiary/aromatic N) is 3. The van der Waals surface area contributed by atoms with Crippen molar-refractivity contribution in [1.29, 1.82) is 0 Å². The van der Waals surface area contributed by atoms with Gasteiger partial charge in [-0.05, 0) is 39.2 Å². The zero-order valence-corrected chi connectivity index (χ0v) is 14.1. The van der Waals surface area contributed by atoms with Crippen molar-refractivity contribution in [1.82, 2.24) is 19.3 Å². The van der Waals surface area contributed by atoms with Crippen molar-refractivity contribution in [3.05, 3.63) is 17.6 Å². The van der Waals surface area contributed by atoms with Crippen LogP contribution in [0.5, 0.6) is 0 Å². The molecule has 8 heteroatoms. The summed E-state index contributed by atoms with van der Waals surface area (Å²) in [6, 6.07) is 0. The van der Waals surface area contributed by atoms with E-state index in [0.29, 0.717) is 12.4 Å². The summed E-state index contributed by atoms with van der Waals surface area (Å²) in [5.74, 6) is 0.566. The first-order valence-corrected chi connectivity index (χ1v) is 9.05. The van der Waals surface area contributed by atoms with Gasteiger partial charge >= 0.3 is 0 Å². The molecule has 0 saturated carbocycles. The van der Waals surface area contributed by atoms with Crippen LogP contribution < -0.4 is 10.5 Å². The van der Waals surface area contributed by atoms with Crippen molar-refractivity contribution < 1.29 is 8.42 Å². The summed E-state index contributed by atoms with van der Waals surface area (Å²) in [5, 5.41) is 0. The standard InChI is InChI=1S/C14H23N5O2S/c1-4-22(20,21)17-7-5-6-8-19-9-16-12-13(19)10(2)11(3)18-14(12)15/h9,17H,4-8H2,1-3H3,(H2,15,18). The van der Waals surface area contributed by atoms with Crippen LogP contribution in [-0.2, 0) is 16.6 Å². The Balaban J connectivity index is 2.01. The van der Waals surface area contributed by atoms with Gasteiger partial charge in [0.05, 0.1) is 17.6 Å². The first-order chi connectivity index (χ1) is 10.4. The minimum absolute atomic E-state index is 0.115. The first-order valence-electron chi connectivity index (χ1n) is 7.40. The van der Waals surface area contributed by atoms with Crippen LogP contribution in [0.15, 0.2) is 6.33 Å². The third-order valence-corrected chi connectivity index (χ3v) is 5.20. The highest BCUT2D eigenvalue weighted by Gasteiger charge is 2.12. The topological polar surface area (TPSA) is 103 Å². The fourth-order valence-corrected chi connectivity index (χ4v) is 3.02. The van der Waals surface area contributed by atoms with Gasteiger partial charge in [-0.25, -0.2) is 23.1 Å². The summed E-state index contributed by atoms with van der Waals surface area (Å²) < 4.78 is 27.3. The lowest BCUT2D eigenvalue weighted by Crippen LogP contribution is -2.26. The van der Waals surface area contributed by atoms with Crippen LogP contribution in [-0.4, -0.2) is 35.3 Å². The molecule has 0 atom stereocenters. The number of unbranched alkanes of at least 4 members (excludes halogenated alkanes) is 1. The monoisotopic (exact) mass is 325 g/mol. The van der Waals surface area contributed by atoms with Crippen LogP contribution in [0.1, 0.15) is 31.0 Å². The van der Waals surface area contributed by atoms with Crippen LogP contribution in [0.25, 0.3) is 11.0 Å². The van der Waals surface area contributed by atoms with Crippen molar-refractivity contribution in [3.8, 4) is 0 Å². The second kappa shape index (κ2) is 6.62. The number of aromatic nitrogens is 3. The van der Waals surface area contributed by atoms with Gasteiger partial charge in [0.15, 0.2) is 5.82 Å². The first kappa shape index (κ1) is 16.7. The lowest BCUT2D eigenvalue weighted by Gasteiger charge is -2.09. The highest BCUT2D eigenvalue weighted by molar-refractivity contribution is 7.89. The molecule has 0 fully saturated rings. The minimum atomic E-state index is -3.10. The number of anilines is 1. The number of nitrogens with one attached hydrogen (secondary N) is 1. The number of sulfonamides is 1. The van der Waals surface area contributed by atoms with E-state index in [9.17, 15) is 8.42 Å². The highest BCUT2D eigenvalue weighted by Crippen LogP contribution is 2.23. The van der Waals surface area contributed by atoms with Crippen LogP contribution in [0.4, 0.5) is 5.82 Å². The number of nitrogen functional groups attached to an aromatic ring is 1. The molecule has 0 amide bonds. The molecule has 122 valence electrons. The van der Waals surface area contributed by atoms with Gasteiger partial charge < -0.3 is 10.3 Å². The van der Waals surface area contributed by atoms with E-state index in [1.54, 1.807) is 13.3 Å². The Morgan fingerprint density at radius 1 is 1.32 bits per heavy atom. The molecule has 0 aliphatic carbocycles. The Kier molecular flexibility index (Phi) is 5.02. The predicted octanol–water partition coefficient (Wildman–Crippen LogP) is 1.35. The van der Waals surface area contributed by atoms with E-state index in [0.717, 1.165) is 41.7 Å². The van der Waals surface area contributed by atoms with Crippen LogP contribution in [0, 0.1) is 13.8 Å².